The maximum absolute atomic E-state index is 13.2. The number of hydrogen-bond donors (Lipinski definition) is 1. The van der Waals surface area contributed by atoms with E-state index in [0.29, 0.717) is 13.0 Å². The van der Waals surface area contributed by atoms with Crippen molar-refractivity contribution in [2.24, 2.45) is 0 Å². The normalized spacial score (nSPS) is 19.0. The fourth-order valence-electron chi connectivity index (χ4n) is 3.02. The van der Waals surface area contributed by atoms with E-state index in [1.54, 1.807) is 19.1 Å². The van der Waals surface area contributed by atoms with Gasteiger partial charge in [0.15, 0.2) is 0 Å². The Balaban J connectivity index is 2.44. The zero-order chi connectivity index (χ0) is 15.3. The third-order valence-electron chi connectivity index (χ3n) is 4.10. The van der Waals surface area contributed by atoms with Crippen molar-refractivity contribution in [1.29, 1.82) is 0 Å². The minimum Gasteiger partial charge on any atom is -0.464 e. The van der Waals surface area contributed by atoms with Crippen LogP contribution in [-0.2, 0) is 15.1 Å². The fourth-order valence-corrected chi connectivity index (χ4v) is 3.02. The van der Waals surface area contributed by atoms with Crippen molar-refractivity contribution in [1.82, 2.24) is 10.2 Å². The number of benzene rings is 1. The van der Waals surface area contributed by atoms with Crippen molar-refractivity contribution in [3.8, 4) is 0 Å². The number of piperazine rings is 1. The lowest BCUT2D eigenvalue weighted by atomic mass is 9.84. The van der Waals surface area contributed by atoms with E-state index in [4.69, 9.17) is 4.74 Å². The van der Waals surface area contributed by atoms with Crippen molar-refractivity contribution in [3.63, 3.8) is 0 Å². The smallest absolute Gasteiger partial charge is 0.331 e. The summed E-state index contributed by atoms with van der Waals surface area (Å²) in [4.78, 5) is 14.9. The molecule has 116 valence electrons. The average molecular weight is 294 g/mol. The molecule has 0 bridgehead atoms. The molecule has 0 radical (unpaired) electrons. The van der Waals surface area contributed by atoms with Gasteiger partial charge in [-0.15, -0.1) is 0 Å². The number of nitrogens with one attached hydrogen (secondary N) is 1. The molecule has 1 aromatic rings. The molecule has 2 rings (SSSR count). The zero-order valence-electron chi connectivity index (χ0n) is 12.7. The Kier molecular flexibility index (Phi) is 5.31. The predicted octanol–water partition coefficient (Wildman–Crippen LogP) is 1.90. The van der Waals surface area contributed by atoms with Gasteiger partial charge >= 0.3 is 5.97 Å². The first-order valence-corrected chi connectivity index (χ1v) is 7.54. The number of rotatable bonds is 5. The summed E-state index contributed by atoms with van der Waals surface area (Å²) in [6.07, 6.45) is 0.595. The third kappa shape index (κ3) is 3.09. The van der Waals surface area contributed by atoms with Crippen LogP contribution in [0.2, 0.25) is 0 Å². The number of nitrogens with zero attached hydrogens (tertiary/aromatic N) is 1. The molecule has 1 aromatic carbocycles. The second-order valence-corrected chi connectivity index (χ2v) is 5.18. The molecule has 1 atom stereocenters. The van der Waals surface area contributed by atoms with Gasteiger partial charge in [0, 0.05) is 26.2 Å². The summed E-state index contributed by atoms with van der Waals surface area (Å²) < 4.78 is 18.6. The van der Waals surface area contributed by atoms with Crippen molar-refractivity contribution >= 4 is 5.97 Å². The number of carbonyl (C=O) groups excluding carboxylic acids is 1. The molecule has 4 nitrogen and oxygen atoms in total. The Bertz CT molecular complexity index is 472. The van der Waals surface area contributed by atoms with Crippen LogP contribution >= 0.6 is 0 Å². The molecule has 1 heterocycles. The van der Waals surface area contributed by atoms with Crippen molar-refractivity contribution in [2.75, 3.05) is 32.8 Å². The highest BCUT2D eigenvalue weighted by Gasteiger charge is 2.45. The summed E-state index contributed by atoms with van der Waals surface area (Å²) >= 11 is 0. The van der Waals surface area contributed by atoms with E-state index in [9.17, 15) is 9.18 Å². The number of halogens is 1. The minimum atomic E-state index is -0.828. The topological polar surface area (TPSA) is 41.6 Å². The van der Waals surface area contributed by atoms with Gasteiger partial charge in [0.2, 0.25) is 0 Å². The largest absolute Gasteiger partial charge is 0.464 e. The van der Waals surface area contributed by atoms with Gasteiger partial charge in [-0.2, -0.15) is 0 Å². The quantitative estimate of drug-likeness (QED) is 0.842. The minimum absolute atomic E-state index is 0.249. The average Bonchev–Trinajstić information content (AvgIpc) is 2.52. The first kappa shape index (κ1) is 15.9. The molecule has 21 heavy (non-hydrogen) atoms. The lowest BCUT2D eigenvalue weighted by Gasteiger charge is -2.43. The second kappa shape index (κ2) is 7.00. The maximum Gasteiger partial charge on any atom is 0.331 e. The number of esters is 1. The zero-order valence-corrected chi connectivity index (χ0v) is 12.7. The van der Waals surface area contributed by atoms with Gasteiger partial charge in [0.25, 0.3) is 0 Å². The number of ether oxygens (including phenoxy) is 1. The molecular formula is C16H23FN2O2. The van der Waals surface area contributed by atoms with Gasteiger partial charge in [0.05, 0.1) is 6.61 Å². The molecular weight excluding hydrogens is 271 g/mol. The van der Waals surface area contributed by atoms with Crippen LogP contribution in [0.5, 0.6) is 0 Å². The Morgan fingerprint density at radius 3 is 2.43 bits per heavy atom. The van der Waals surface area contributed by atoms with Gasteiger partial charge in [-0.3, -0.25) is 4.90 Å². The van der Waals surface area contributed by atoms with Crippen LogP contribution in [0.3, 0.4) is 0 Å². The van der Waals surface area contributed by atoms with E-state index in [0.717, 1.165) is 31.7 Å². The van der Waals surface area contributed by atoms with Crippen LogP contribution < -0.4 is 5.32 Å². The Morgan fingerprint density at radius 1 is 1.29 bits per heavy atom. The van der Waals surface area contributed by atoms with E-state index in [1.807, 2.05) is 6.92 Å². The third-order valence-corrected chi connectivity index (χ3v) is 4.10. The molecule has 0 amide bonds. The van der Waals surface area contributed by atoms with Crippen LogP contribution in [0.1, 0.15) is 25.8 Å². The molecule has 0 spiro atoms. The molecule has 0 aromatic heterocycles. The van der Waals surface area contributed by atoms with Gasteiger partial charge in [0.1, 0.15) is 11.4 Å². The van der Waals surface area contributed by atoms with Crippen molar-refractivity contribution in [2.45, 2.75) is 25.8 Å². The van der Waals surface area contributed by atoms with Crippen LogP contribution in [0.25, 0.3) is 0 Å². The van der Waals surface area contributed by atoms with Crippen LogP contribution in [0.4, 0.5) is 4.39 Å². The molecule has 5 heteroatoms. The first-order valence-electron chi connectivity index (χ1n) is 7.54. The van der Waals surface area contributed by atoms with Gasteiger partial charge in [-0.25, -0.2) is 9.18 Å². The highest BCUT2D eigenvalue weighted by Crippen LogP contribution is 2.34. The Morgan fingerprint density at radius 2 is 1.90 bits per heavy atom. The molecule has 1 N–H and O–H groups in total. The standard InChI is InChI=1S/C16H23FN2O2/c1-3-16(15(20)21-4-2,19-11-9-18-10-12-19)13-5-7-14(17)8-6-13/h5-8,18H,3-4,9-12H2,1-2H3. The van der Waals surface area contributed by atoms with Crippen LogP contribution in [0.15, 0.2) is 24.3 Å². The van der Waals surface area contributed by atoms with E-state index in [-0.39, 0.29) is 11.8 Å². The van der Waals surface area contributed by atoms with E-state index in [2.05, 4.69) is 10.2 Å². The summed E-state index contributed by atoms with van der Waals surface area (Å²) in [6.45, 7) is 7.33. The van der Waals surface area contributed by atoms with Gasteiger partial charge < -0.3 is 10.1 Å². The maximum atomic E-state index is 13.2. The number of hydrogen-bond acceptors (Lipinski definition) is 4. The number of carbonyl (C=O) groups is 1. The molecule has 1 unspecified atom stereocenters. The van der Waals surface area contributed by atoms with E-state index in [1.165, 1.54) is 12.1 Å². The Hall–Kier alpha value is -1.46. The van der Waals surface area contributed by atoms with Crippen LogP contribution in [-0.4, -0.2) is 43.7 Å². The Labute approximate surface area is 125 Å². The van der Waals surface area contributed by atoms with Gasteiger partial charge in [-0.1, -0.05) is 19.1 Å². The van der Waals surface area contributed by atoms with Gasteiger partial charge in [-0.05, 0) is 31.0 Å². The SMILES string of the molecule is CCOC(=O)C(CC)(c1ccc(F)cc1)N1CCNCC1. The van der Waals surface area contributed by atoms with Crippen LogP contribution in [0, 0.1) is 5.82 Å². The molecule has 1 aliphatic rings. The van der Waals surface area contributed by atoms with Crippen molar-refractivity contribution in [3.05, 3.63) is 35.6 Å². The molecule has 0 aliphatic carbocycles. The molecule has 1 fully saturated rings. The molecule has 1 saturated heterocycles. The predicted molar refractivity (Wildman–Crippen MR) is 79.4 cm³/mol. The lowest BCUT2D eigenvalue weighted by molar-refractivity contribution is -0.160. The second-order valence-electron chi connectivity index (χ2n) is 5.18. The summed E-state index contributed by atoms with van der Waals surface area (Å²) in [5.41, 5.74) is -0.0297. The highest BCUT2D eigenvalue weighted by atomic mass is 19.1. The van der Waals surface area contributed by atoms with E-state index < -0.39 is 5.54 Å². The molecule has 0 saturated carbocycles. The first-order chi connectivity index (χ1) is 10.1. The summed E-state index contributed by atoms with van der Waals surface area (Å²) in [5.74, 6) is -0.547. The molecule has 1 aliphatic heterocycles. The monoisotopic (exact) mass is 294 g/mol. The fraction of sp³-hybridized carbons (Fsp3) is 0.562. The lowest BCUT2D eigenvalue weighted by Crippen LogP contribution is -2.58. The summed E-state index contributed by atoms with van der Waals surface area (Å²) in [5, 5.41) is 3.29. The van der Waals surface area contributed by atoms with E-state index >= 15 is 0 Å². The summed E-state index contributed by atoms with van der Waals surface area (Å²) in [6, 6.07) is 6.19. The summed E-state index contributed by atoms with van der Waals surface area (Å²) in [7, 11) is 0. The highest BCUT2D eigenvalue weighted by molar-refractivity contribution is 5.82. The van der Waals surface area contributed by atoms with Crippen molar-refractivity contribution < 1.29 is 13.9 Å².